The van der Waals surface area contributed by atoms with Gasteiger partial charge in [0.15, 0.2) is 11.0 Å². The fraction of sp³-hybridized carbons (Fsp3) is 0.375. The molecular weight excluding hydrogens is 252 g/mol. The molecule has 0 atom stereocenters. The molecule has 1 aromatic rings. The van der Waals surface area contributed by atoms with Crippen molar-refractivity contribution >= 4 is 23.2 Å². The van der Waals surface area contributed by atoms with Crippen LogP contribution in [0.15, 0.2) is 6.07 Å². The monoisotopic (exact) mass is 258 g/mol. The van der Waals surface area contributed by atoms with Gasteiger partial charge >= 0.3 is 0 Å². The molecule has 0 aliphatic heterocycles. The van der Waals surface area contributed by atoms with Gasteiger partial charge in [0.2, 0.25) is 0 Å². The highest BCUT2D eigenvalue weighted by Gasteiger charge is 2.29. The van der Waals surface area contributed by atoms with E-state index in [9.17, 15) is 13.2 Å². The molecule has 0 unspecified atom stereocenters. The number of alkyl halides is 2. The molecule has 0 spiro atoms. The van der Waals surface area contributed by atoms with Crippen LogP contribution in [0.3, 0.4) is 0 Å². The summed E-state index contributed by atoms with van der Waals surface area (Å²) < 4.78 is 38.7. The van der Waals surface area contributed by atoms with Gasteiger partial charge in [-0.25, -0.2) is 18.2 Å². The number of halogens is 5. The van der Waals surface area contributed by atoms with E-state index in [0.717, 1.165) is 6.07 Å². The number of nitrogens with zero attached hydrogens (tertiary/aromatic N) is 1. The van der Waals surface area contributed by atoms with E-state index in [1.165, 1.54) is 0 Å². The predicted octanol–water partition coefficient (Wildman–Crippen LogP) is 2.66. The van der Waals surface area contributed by atoms with Crippen molar-refractivity contribution < 1.29 is 13.2 Å². The Balaban J connectivity index is 3.01. The minimum absolute atomic E-state index is 0.117. The molecule has 1 aromatic heterocycles. The molecule has 0 fully saturated rings. The maximum atomic E-state index is 12.9. The molecule has 0 amide bonds. The third kappa shape index (κ3) is 3.22. The van der Waals surface area contributed by atoms with Crippen LogP contribution in [0.25, 0.3) is 0 Å². The van der Waals surface area contributed by atoms with E-state index in [0.29, 0.717) is 0 Å². The van der Waals surface area contributed by atoms with Crippen molar-refractivity contribution in [3.8, 4) is 0 Å². The molecule has 1 heterocycles. The van der Waals surface area contributed by atoms with Crippen LogP contribution in [0.4, 0.5) is 13.2 Å². The number of aromatic nitrogens is 1. The summed E-state index contributed by atoms with van der Waals surface area (Å²) in [7, 11) is 0. The van der Waals surface area contributed by atoms with E-state index < -0.39 is 29.9 Å². The first-order valence-corrected chi connectivity index (χ1v) is 4.69. The smallest absolute Gasteiger partial charge is 0.264 e. The van der Waals surface area contributed by atoms with Gasteiger partial charge in [-0.2, -0.15) is 0 Å². The first-order valence-electron chi connectivity index (χ1n) is 3.94. The quantitative estimate of drug-likeness (QED) is 0.847. The van der Waals surface area contributed by atoms with Crippen LogP contribution in [0.5, 0.6) is 0 Å². The van der Waals surface area contributed by atoms with Gasteiger partial charge in [-0.1, -0.05) is 23.2 Å². The average Bonchev–Trinajstić information content (AvgIpc) is 2.14. The Morgan fingerprint density at radius 2 is 1.93 bits per heavy atom. The van der Waals surface area contributed by atoms with Crippen molar-refractivity contribution in [1.82, 2.24) is 4.98 Å². The molecule has 0 aliphatic rings. The molecule has 0 bridgehead atoms. The predicted molar refractivity (Wildman–Crippen MR) is 51.9 cm³/mol. The Labute approximate surface area is 94.2 Å². The van der Waals surface area contributed by atoms with E-state index in [4.69, 9.17) is 28.9 Å². The number of hydrogen-bond acceptors (Lipinski definition) is 2. The highest BCUT2D eigenvalue weighted by atomic mass is 35.5. The van der Waals surface area contributed by atoms with Crippen LogP contribution in [0, 0.1) is 5.82 Å². The molecule has 15 heavy (non-hydrogen) atoms. The molecule has 0 aromatic carbocycles. The molecule has 1 rings (SSSR count). The second-order valence-corrected chi connectivity index (χ2v) is 3.66. The molecule has 2 nitrogen and oxygen atoms in total. The zero-order valence-electron chi connectivity index (χ0n) is 7.41. The highest BCUT2D eigenvalue weighted by Crippen LogP contribution is 2.26. The van der Waals surface area contributed by atoms with Crippen molar-refractivity contribution in [2.45, 2.75) is 12.3 Å². The van der Waals surface area contributed by atoms with Crippen LogP contribution in [-0.4, -0.2) is 17.5 Å². The molecule has 0 aliphatic carbocycles. The summed E-state index contributed by atoms with van der Waals surface area (Å²) in [5.41, 5.74) is 4.72. The second kappa shape index (κ2) is 4.55. The maximum absolute atomic E-state index is 12.9. The Hall–Kier alpha value is -0.520. The van der Waals surface area contributed by atoms with Crippen molar-refractivity contribution in [1.29, 1.82) is 0 Å². The Bertz CT molecular complexity index is 371. The van der Waals surface area contributed by atoms with E-state index in [-0.39, 0.29) is 10.7 Å². The van der Waals surface area contributed by atoms with Crippen molar-refractivity contribution in [2.75, 3.05) is 6.54 Å². The second-order valence-electron chi connectivity index (χ2n) is 2.95. The van der Waals surface area contributed by atoms with Crippen LogP contribution in [0.1, 0.15) is 5.56 Å². The average molecular weight is 259 g/mol. The standard InChI is InChI=1S/C8H7Cl2F3N2/c9-6-4(2-8(12,13)3-14)1-5(11)7(10)15-6/h1H,2-3,14H2. The van der Waals surface area contributed by atoms with Gasteiger partial charge in [-0.15, -0.1) is 0 Å². The summed E-state index contributed by atoms with van der Waals surface area (Å²) >= 11 is 10.8. The van der Waals surface area contributed by atoms with Crippen LogP contribution in [-0.2, 0) is 6.42 Å². The number of nitrogens with two attached hydrogens (primary N) is 1. The molecule has 0 saturated heterocycles. The molecule has 2 N–H and O–H groups in total. The molecule has 84 valence electrons. The van der Waals surface area contributed by atoms with Gasteiger partial charge < -0.3 is 5.73 Å². The largest absolute Gasteiger partial charge is 0.325 e. The van der Waals surface area contributed by atoms with Gasteiger partial charge in [0.05, 0.1) is 6.54 Å². The molecule has 7 heteroatoms. The lowest BCUT2D eigenvalue weighted by molar-refractivity contribution is 0.0114. The first kappa shape index (κ1) is 12.5. The lowest BCUT2D eigenvalue weighted by Crippen LogP contribution is -2.30. The van der Waals surface area contributed by atoms with Crippen LogP contribution < -0.4 is 5.73 Å². The number of hydrogen-bond donors (Lipinski definition) is 1. The van der Waals surface area contributed by atoms with E-state index >= 15 is 0 Å². The van der Waals surface area contributed by atoms with Gasteiger partial charge in [-0.3, -0.25) is 0 Å². The van der Waals surface area contributed by atoms with E-state index in [1.807, 2.05) is 0 Å². The fourth-order valence-electron chi connectivity index (χ4n) is 0.958. The van der Waals surface area contributed by atoms with Gasteiger partial charge in [-0.05, 0) is 11.6 Å². The summed E-state index contributed by atoms with van der Waals surface area (Å²) in [5, 5.41) is -0.686. The van der Waals surface area contributed by atoms with E-state index in [2.05, 4.69) is 4.98 Å². The van der Waals surface area contributed by atoms with Gasteiger partial charge in [0.1, 0.15) is 5.15 Å². The zero-order valence-corrected chi connectivity index (χ0v) is 8.92. The molecule has 0 saturated carbocycles. The minimum Gasteiger partial charge on any atom is -0.325 e. The molecular formula is C8H7Cl2F3N2. The maximum Gasteiger partial charge on any atom is 0.264 e. The van der Waals surface area contributed by atoms with Crippen molar-refractivity contribution in [2.24, 2.45) is 5.73 Å². The Kier molecular flexibility index (Phi) is 3.81. The summed E-state index contributed by atoms with van der Waals surface area (Å²) in [5.74, 6) is -4.02. The molecule has 0 radical (unpaired) electrons. The lowest BCUT2D eigenvalue weighted by Gasteiger charge is -2.14. The van der Waals surface area contributed by atoms with Gasteiger partial charge in [0.25, 0.3) is 5.92 Å². The normalized spacial score (nSPS) is 11.9. The van der Waals surface area contributed by atoms with Crippen molar-refractivity contribution in [3.63, 3.8) is 0 Å². The zero-order chi connectivity index (χ0) is 11.6. The van der Waals surface area contributed by atoms with E-state index in [1.54, 1.807) is 0 Å². The first-order chi connectivity index (χ1) is 6.85. The summed E-state index contributed by atoms with van der Waals surface area (Å²) in [6, 6.07) is 0.835. The number of pyridine rings is 1. The third-order valence-corrected chi connectivity index (χ3v) is 2.30. The topological polar surface area (TPSA) is 38.9 Å². The summed E-state index contributed by atoms with van der Waals surface area (Å²) in [6.07, 6.45) is -0.760. The summed E-state index contributed by atoms with van der Waals surface area (Å²) in [6.45, 7) is -0.840. The van der Waals surface area contributed by atoms with Gasteiger partial charge in [0, 0.05) is 6.42 Å². The Morgan fingerprint density at radius 1 is 1.33 bits per heavy atom. The number of rotatable bonds is 3. The summed E-state index contributed by atoms with van der Waals surface area (Å²) in [4.78, 5) is 3.37. The Morgan fingerprint density at radius 3 is 2.47 bits per heavy atom. The lowest BCUT2D eigenvalue weighted by atomic mass is 10.1. The fourth-order valence-corrected chi connectivity index (χ4v) is 1.35. The van der Waals surface area contributed by atoms with Crippen molar-refractivity contribution in [3.05, 3.63) is 27.8 Å². The van der Waals surface area contributed by atoms with Crippen LogP contribution >= 0.6 is 23.2 Å². The third-order valence-electron chi connectivity index (χ3n) is 1.71. The van der Waals surface area contributed by atoms with Crippen LogP contribution in [0.2, 0.25) is 10.3 Å². The SMILES string of the molecule is NCC(F)(F)Cc1cc(F)c(Cl)nc1Cl. The highest BCUT2D eigenvalue weighted by molar-refractivity contribution is 6.32. The minimum atomic E-state index is -3.13.